The molecule has 6 heteroatoms. The fourth-order valence-electron chi connectivity index (χ4n) is 4.51. The van der Waals surface area contributed by atoms with Gasteiger partial charge in [0.05, 0.1) is 13.0 Å². The van der Waals surface area contributed by atoms with Gasteiger partial charge in [-0.1, -0.05) is 32.0 Å². The molecule has 3 atom stereocenters. The number of aryl methyl sites for hydroxylation is 1. The summed E-state index contributed by atoms with van der Waals surface area (Å²) < 4.78 is 5.18. The highest BCUT2D eigenvalue weighted by atomic mass is 16.5. The first-order valence-electron chi connectivity index (χ1n) is 10.0. The Morgan fingerprint density at radius 1 is 1.21 bits per heavy atom. The van der Waals surface area contributed by atoms with Gasteiger partial charge in [0.1, 0.15) is 11.3 Å². The van der Waals surface area contributed by atoms with Crippen LogP contribution in [0, 0.1) is 18.8 Å². The van der Waals surface area contributed by atoms with E-state index in [0.29, 0.717) is 18.0 Å². The highest BCUT2D eigenvalue weighted by Crippen LogP contribution is 2.49. The van der Waals surface area contributed by atoms with Crippen molar-refractivity contribution in [3.8, 4) is 5.75 Å². The van der Waals surface area contributed by atoms with Crippen molar-refractivity contribution in [2.75, 3.05) is 17.7 Å². The van der Waals surface area contributed by atoms with E-state index in [0.717, 1.165) is 22.6 Å². The van der Waals surface area contributed by atoms with Gasteiger partial charge in [-0.15, -0.1) is 0 Å². The second-order valence-corrected chi connectivity index (χ2v) is 8.26. The standard InChI is InChI=1S/C23H27N3O3/c1-13(2)19-12-18(21(27)24-15-8-10-16(29-4)11-9-15)23(26-19)17-7-5-6-14(3)20(17)25-22(23)28/h5-11,13,18-19,26H,12H2,1-4H3,(H,24,27)(H,25,28)/t18-,19-,23+/m1/s1. The minimum absolute atomic E-state index is 0.0684. The first-order valence-corrected chi connectivity index (χ1v) is 10.0. The molecule has 1 fully saturated rings. The molecule has 3 N–H and O–H groups in total. The third kappa shape index (κ3) is 3.08. The number of anilines is 2. The van der Waals surface area contributed by atoms with Crippen molar-refractivity contribution in [1.82, 2.24) is 5.32 Å². The van der Waals surface area contributed by atoms with Gasteiger partial charge in [-0.3, -0.25) is 14.9 Å². The SMILES string of the molecule is COc1ccc(NC(=O)[C@H]2C[C@H](C(C)C)N[C@]23C(=O)Nc2c(C)cccc23)cc1. The molecular weight excluding hydrogens is 366 g/mol. The Kier molecular flexibility index (Phi) is 4.82. The zero-order chi connectivity index (χ0) is 20.8. The molecule has 2 amide bonds. The maximum absolute atomic E-state index is 13.4. The monoisotopic (exact) mass is 393 g/mol. The third-order valence-corrected chi connectivity index (χ3v) is 6.20. The summed E-state index contributed by atoms with van der Waals surface area (Å²) >= 11 is 0. The summed E-state index contributed by atoms with van der Waals surface area (Å²) in [5, 5.41) is 9.56. The average Bonchev–Trinajstić information content (AvgIpc) is 3.24. The molecule has 2 aromatic carbocycles. The largest absolute Gasteiger partial charge is 0.497 e. The zero-order valence-electron chi connectivity index (χ0n) is 17.2. The first-order chi connectivity index (χ1) is 13.9. The summed E-state index contributed by atoms with van der Waals surface area (Å²) in [4.78, 5) is 26.6. The minimum atomic E-state index is -1.05. The van der Waals surface area contributed by atoms with Gasteiger partial charge in [0, 0.05) is 23.0 Å². The topological polar surface area (TPSA) is 79.5 Å². The van der Waals surface area contributed by atoms with Crippen LogP contribution in [0.2, 0.25) is 0 Å². The van der Waals surface area contributed by atoms with Gasteiger partial charge in [0.15, 0.2) is 0 Å². The van der Waals surface area contributed by atoms with Gasteiger partial charge in [-0.25, -0.2) is 0 Å². The number of rotatable bonds is 4. The predicted molar refractivity (Wildman–Crippen MR) is 113 cm³/mol. The molecule has 2 aromatic rings. The quantitative estimate of drug-likeness (QED) is 0.744. The molecule has 29 heavy (non-hydrogen) atoms. The van der Waals surface area contributed by atoms with E-state index < -0.39 is 11.5 Å². The van der Waals surface area contributed by atoms with Gasteiger partial charge < -0.3 is 15.4 Å². The van der Waals surface area contributed by atoms with E-state index in [-0.39, 0.29) is 17.9 Å². The van der Waals surface area contributed by atoms with Crippen molar-refractivity contribution in [3.63, 3.8) is 0 Å². The van der Waals surface area contributed by atoms with Crippen LogP contribution in [0.5, 0.6) is 5.75 Å². The minimum Gasteiger partial charge on any atom is -0.497 e. The molecule has 6 nitrogen and oxygen atoms in total. The maximum atomic E-state index is 13.4. The zero-order valence-corrected chi connectivity index (χ0v) is 17.2. The van der Waals surface area contributed by atoms with Gasteiger partial charge in [-0.2, -0.15) is 0 Å². The van der Waals surface area contributed by atoms with Crippen LogP contribution in [0.15, 0.2) is 42.5 Å². The molecule has 2 heterocycles. The lowest BCUT2D eigenvalue weighted by Crippen LogP contribution is -2.52. The Labute approximate surface area is 171 Å². The molecule has 0 aromatic heterocycles. The van der Waals surface area contributed by atoms with E-state index in [9.17, 15) is 9.59 Å². The highest BCUT2D eigenvalue weighted by molar-refractivity contribution is 6.11. The summed E-state index contributed by atoms with van der Waals surface area (Å²) in [6, 6.07) is 13.1. The van der Waals surface area contributed by atoms with E-state index in [1.54, 1.807) is 31.4 Å². The molecule has 2 aliphatic rings. The van der Waals surface area contributed by atoms with Gasteiger partial charge in [0.2, 0.25) is 11.8 Å². The van der Waals surface area contributed by atoms with Crippen molar-refractivity contribution in [2.24, 2.45) is 11.8 Å². The molecule has 152 valence electrons. The number of amides is 2. The van der Waals surface area contributed by atoms with Crippen LogP contribution in [0.1, 0.15) is 31.4 Å². The Balaban J connectivity index is 1.71. The maximum Gasteiger partial charge on any atom is 0.250 e. The number of methoxy groups -OCH3 is 1. The van der Waals surface area contributed by atoms with Gasteiger partial charge in [-0.05, 0) is 49.1 Å². The molecule has 0 unspecified atom stereocenters. The number of para-hydroxylation sites is 1. The first kappa shape index (κ1) is 19.5. The van der Waals surface area contributed by atoms with Crippen LogP contribution < -0.4 is 20.7 Å². The summed E-state index contributed by atoms with van der Waals surface area (Å²) in [5.41, 5.74) is 2.31. The lowest BCUT2D eigenvalue weighted by Gasteiger charge is -2.29. The van der Waals surface area contributed by atoms with E-state index in [1.807, 2.05) is 25.1 Å². The number of fused-ring (bicyclic) bond motifs is 2. The van der Waals surface area contributed by atoms with Crippen LogP contribution in [0.25, 0.3) is 0 Å². The second-order valence-electron chi connectivity index (χ2n) is 8.26. The lowest BCUT2D eigenvalue weighted by atomic mass is 9.79. The summed E-state index contributed by atoms with van der Waals surface area (Å²) in [7, 11) is 1.60. The second kappa shape index (κ2) is 7.19. The molecular formula is C23H27N3O3. The Hall–Kier alpha value is -2.86. The Morgan fingerprint density at radius 2 is 1.93 bits per heavy atom. The molecule has 2 aliphatic heterocycles. The number of carbonyl (C=O) groups is 2. The number of hydrogen-bond donors (Lipinski definition) is 3. The van der Waals surface area contributed by atoms with Crippen molar-refractivity contribution in [1.29, 1.82) is 0 Å². The molecule has 0 saturated carbocycles. The van der Waals surface area contributed by atoms with Gasteiger partial charge >= 0.3 is 0 Å². The third-order valence-electron chi connectivity index (χ3n) is 6.20. The predicted octanol–water partition coefficient (Wildman–Crippen LogP) is 3.42. The number of ether oxygens (including phenoxy) is 1. The van der Waals surface area contributed by atoms with E-state index in [2.05, 4.69) is 29.8 Å². The number of hydrogen-bond acceptors (Lipinski definition) is 4. The summed E-state index contributed by atoms with van der Waals surface area (Å²) in [6.45, 7) is 6.19. The molecule has 0 bridgehead atoms. The molecule has 1 saturated heterocycles. The van der Waals surface area contributed by atoms with Gasteiger partial charge in [0.25, 0.3) is 0 Å². The molecule has 0 aliphatic carbocycles. The van der Waals surface area contributed by atoms with Crippen molar-refractivity contribution < 1.29 is 14.3 Å². The normalized spacial score (nSPS) is 25.2. The average molecular weight is 393 g/mol. The van der Waals surface area contributed by atoms with E-state index in [1.165, 1.54) is 0 Å². The van der Waals surface area contributed by atoms with E-state index in [4.69, 9.17) is 4.74 Å². The van der Waals surface area contributed by atoms with Crippen molar-refractivity contribution in [2.45, 2.75) is 38.8 Å². The number of carbonyl (C=O) groups excluding carboxylic acids is 2. The fraction of sp³-hybridized carbons (Fsp3) is 0.391. The highest BCUT2D eigenvalue weighted by Gasteiger charge is 2.60. The number of benzene rings is 2. The molecule has 0 radical (unpaired) electrons. The summed E-state index contributed by atoms with van der Waals surface area (Å²) in [6.07, 6.45) is 0.598. The summed E-state index contributed by atoms with van der Waals surface area (Å²) in [5.74, 6) is 0.198. The Morgan fingerprint density at radius 3 is 2.59 bits per heavy atom. The smallest absolute Gasteiger partial charge is 0.250 e. The van der Waals surface area contributed by atoms with Crippen LogP contribution >= 0.6 is 0 Å². The van der Waals surface area contributed by atoms with E-state index >= 15 is 0 Å². The van der Waals surface area contributed by atoms with Crippen molar-refractivity contribution in [3.05, 3.63) is 53.6 Å². The van der Waals surface area contributed by atoms with Crippen LogP contribution in [0.4, 0.5) is 11.4 Å². The van der Waals surface area contributed by atoms with Crippen LogP contribution in [-0.2, 0) is 15.1 Å². The van der Waals surface area contributed by atoms with Crippen LogP contribution in [-0.4, -0.2) is 25.0 Å². The van der Waals surface area contributed by atoms with Crippen molar-refractivity contribution >= 4 is 23.2 Å². The lowest BCUT2D eigenvalue weighted by molar-refractivity contribution is -0.130. The van der Waals surface area contributed by atoms with Crippen LogP contribution in [0.3, 0.4) is 0 Å². The number of nitrogens with one attached hydrogen (secondary N) is 3. The Bertz CT molecular complexity index is 954. The molecule has 4 rings (SSSR count). The fourth-order valence-corrected chi connectivity index (χ4v) is 4.51. The molecule has 1 spiro atoms.